The van der Waals surface area contributed by atoms with Gasteiger partial charge in [-0.2, -0.15) is 13.2 Å². The number of likely N-dealkylation sites (tertiary alicyclic amines) is 1. The number of urea groups is 1. The quantitative estimate of drug-likeness (QED) is 0.430. The van der Waals surface area contributed by atoms with E-state index < -0.39 is 17.3 Å². The number of hydrogen-bond acceptors (Lipinski definition) is 2. The Bertz CT molecular complexity index is 1150. The summed E-state index contributed by atoms with van der Waals surface area (Å²) >= 11 is 0. The molecule has 5 aliphatic rings. The number of ketones is 1. The van der Waals surface area contributed by atoms with Crippen molar-refractivity contribution in [2.75, 3.05) is 6.54 Å². The van der Waals surface area contributed by atoms with Gasteiger partial charge in [-0.25, -0.2) is 4.79 Å². The van der Waals surface area contributed by atoms with E-state index in [1.807, 2.05) is 4.90 Å². The summed E-state index contributed by atoms with van der Waals surface area (Å²) < 4.78 is 39.6. The Morgan fingerprint density at radius 2 is 1.66 bits per heavy atom. The maximum absolute atomic E-state index is 14.2. The number of allylic oxidation sites excluding steroid dienone is 2. The fraction of sp³-hybridized carbons (Fsp3) is 0.677. The zero-order chi connectivity index (χ0) is 26.9. The van der Waals surface area contributed by atoms with Gasteiger partial charge in [-0.1, -0.05) is 45.2 Å². The van der Waals surface area contributed by atoms with Crippen LogP contribution in [0.5, 0.6) is 0 Å². The minimum absolute atomic E-state index is 0.0774. The Morgan fingerprint density at radius 3 is 2.34 bits per heavy atom. The number of halogens is 3. The first-order valence-corrected chi connectivity index (χ1v) is 14.5. The average Bonchev–Trinajstić information content (AvgIpc) is 3.51. The van der Waals surface area contributed by atoms with Crippen LogP contribution in [0.4, 0.5) is 18.0 Å². The van der Waals surface area contributed by atoms with Gasteiger partial charge in [0.1, 0.15) is 0 Å². The lowest BCUT2D eigenvalue weighted by Crippen LogP contribution is -2.61. The number of nitrogens with zero attached hydrogens (tertiary/aromatic N) is 1. The smallest absolute Gasteiger partial charge is 0.328 e. The summed E-state index contributed by atoms with van der Waals surface area (Å²) in [5.41, 5.74) is 0.329. The number of hydrogen-bond donors (Lipinski definition) is 1. The SMILES string of the molecule is C[C@@]12CCC[C@H]1[C@@H]1CN(C(=O)NC3(c4ccc(C(F)(F)F)cc4)CCCC3)C3=CC(=O)CC[C@]3(C)[C@H]1CC2. The average molecular weight is 529 g/mol. The highest BCUT2D eigenvalue weighted by molar-refractivity contribution is 5.93. The van der Waals surface area contributed by atoms with Crippen LogP contribution in [0.15, 0.2) is 36.0 Å². The van der Waals surface area contributed by atoms with E-state index in [0.717, 1.165) is 49.1 Å². The molecule has 0 unspecified atom stereocenters. The first kappa shape index (κ1) is 25.9. The van der Waals surface area contributed by atoms with E-state index in [-0.39, 0.29) is 17.2 Å². The summed E-state index contributed by atoms with van der Waals surface area (Å²) in [5.74, 6) is 1.54. The molecule has 206 valence electrons. The van der Waals surface area contributed by atoms with Crippen LogP contribution in [0, 0.1) is 28.6 Å². The lowest BCUT2D eigenvalue weighted by Gasteiger charge is -2.59. The van der Waals surface area contributed by atoms with Crippen LogP contribution in [-0.2, 0) is 16.5 Å². The van der Waals surface area contributed by atoms with Crippen LogP contribution in [0.1, 0.15) is 95.6 Å². The number of rotatable bonds is 2. The molecule has 1 aliphatic heterocycles. The van der Waals surface area contributed by atoms with E-state index in [1.165, 1.54) is 37.8 Å². The molecule has 1 N–H and O–H groups in total. The van der Waals surface area contributed by atoms with E-state index in [9.17, 15) is 22.8 Å². The summed E-state index contributed by atoms with van der Waals surface area (Å²) in [7, 11) is 0. The van der Waals surface area contributed by atoms with Crippen LogP contribution in [0.3, 0.4) is 0 Å². The molecule has 3 saturated carbocycles. The largest absolute Gasteiger partial charge is 0.416 e. The molecule has 0 bridgehead atoms. The van der Waals surface area contributed by atoms with Crippen molar-refractivity contribution in [1.82, 2.24) is 10.2 Å². The Hall–Kier alpha value is -2.31. The molecule has 2 amide bonds. The van der Waals surface area contributed by atoms with Crippen molar-refractivity contribution in [2.24, 2.45) is 28.6 Å². The highest BCUT2D eigenvalue weighted by atomic mass is 19.4. The Labute approximate surface area is 223 Å². The molecule has 5 atom stereocenters. The zero-order valence-corrected chi connectivity index (χ0v) is 22.5. The molecule has 0 aromatic heterocycles. The molecule has 4 aliphatic carbocycles. The van der Waals surface area contributed by atoms with Gasteiger partial charge >= 0.3 is 12.2 Å². The van der Waals surface area contributed by atoms with Crippen molar-refractivity contribution in [3.05, 3.63) is 47.2 Å². The zero-order valence-electron chi connectivity index (χ0n) is 22.5. The summed E-state index contributed by atoms with van der Waals surface area (Å²) in [6.07, 6.45) is 7.89. The van der Waals surface area contributed by atoms with Crippen molar-refractivity contribution in [1.29, 1.82) is 0 Å². The van der Waals surface area contributed by atoms with E-state index in [1.54, 1.807) is 6.08 Å². The molecular weight excluding hydrogens is 489 g/mol. The fourth-order valence-corrected chi connectivity index (χ4v) is 9.20. The van der Waals surface area contributed by atoms with Gasteiger partial charge in [0, 0.05) is 30.2 Å². The number of fused-ring (bicyclic) bond motifs is 5. The third-order valence-electron chi connectivity index (χ3n) is 11.3. The molecule has 6 rings (SSSR count). The maximum atomic E-state index is 14.2. The molecule has 1 heterocycles. The van der Waals surface area contributed by atoms with Gasteiger partial charge in [0.25, 0.3) is 0 Å². The number of amides is 2. The number of carbonyl (C=O) groups excluding carboxylic acids is 2. The van der Waals surface area contributed by atoms with Gasteiger partial charge < -0.3 is 5.32 Å². The molecule has 0 radical (unpaired) electrons. The molecule has 0 spiro atoms. The number of benzene rings is 1. The predicted octanol–water partition coefficient (Wildman–Crippen LogP) is 7.59. The second kappa shape index (κ2) is 8.85. The second-order valence-electron chi connectivity index (χ2n) is 13.3. The minimum Gasteiger partial charge on any atom is -0.328 e. The highest BCUT2D eigenvalue weighted by Gasteiger charge is 2.59. The lowest BCUT2D eigenvalue weighted by molar-refractivity contribution is -0.137. The normalized spacial score (nSPS) is 36.2. The third kappa shape index (κ3) is 4.02. The number of piperidine rings is 1. The summed E-state index contributed by atoms with van der Waals surface area (Å²) in [6.45, 7) is 5.32. The van der Waals surface area contributed by atoms with Crippen molar-refractivity contribution >= 4 is 11.8 Å². The molecule has 4 fully saturated rings. The topological polar surface area (TPSA) is 49.4 Å². The molecule has 1 aromatic rings. The number of nitrogens with one attached hydrogen (secondary N) is 1. The number of alkyl halides is 3. The van der Waals surface area contributed by atoms with Crippen LogP contribution in [0.2, 0.25) is 0 Å². The van der Waals surface area contributed by atoms with Gasteiger partial charge in [-0.15, -0.1) is 0 Å². The van der Waals surface area contributed by atoms with Crippen molar-refractivity contribution in [3.63, 3.8) is 0 Å². The molecule has 1 aromatic carbocycles. The first-order valence-electron chi connectivity index (χ1n) is 14.5. The second-order valence-corrected chi connectivity index (χ2v) is 13.3. The standard InChI is InChI=1S/C31H39F3N2O2/c1-28-13-5-6-24(28)23-19-36(26-18-22(37)11-17-29(26,2)25(23)12-16-28)27(38)35-30(14-3-4-15-30)20-7-9-21(10-8-20)31(32,33)34/h7-10,18,23-25H,3-6,11-17,19H2,1-2H3,(H,35,38)/t23-,24-,25-,28-,29+/m0/s1. The van der Waals surface area contributed by atoms with Gasteiger partial charge in [0.2, 0.25) is 0 Å². The monoisotopic (exact) mass is 528 g/mol. The summed E-state index contributed by atoms with van der Waals surface area (Å²) in [6, 6.07) is 5.09. The molecule has 38 heavy (non-hydrogen) atoms. The van der Waals surface area contributed by atoms with E-state index in [2.05, 4.69) is 19.2 Å². The van der Waals surface area contributed by atoms with Gasteiger partial charge in [0.05, 0.1) is 11.1 Å². The van der Waals surface area contributed by atoms with Crippen LogP contribution >= 0.6 is 0 Å². The summed E-state index contributed by atoms with van der Waals surface area (Å²) in [4.78, 5) is 28.7. The van der Waals surface area contributed by atoms with Crippen molar-refractivity contribution < 1.29 is 22.8 Å². The van der Waals surface area contributed by atoms with E-state index >= 15 is 0 Å². The van der Waals surface area contributed by atoms with Gasteiger partial charge in [-0.3, -0.25) is 9.69 Å². The van der Waals surface area contributed by atoms with Crippen LogP contribution < -0.4 is 5.32 Å². The van der Waals surface area contributed by atoms with Crippen molar-refractivity contribution in [2.45, 2.75) is 96.2 Å². The molecule has 1 saturated heterocycles. The Morgan fingerprint density at radius 1 is 0.947 bits per heavy atom. The van der Waals surface area contributed by atoms with E-state index in [4.69, 9.17) is 0 Å². The molecule has 7 heteroatoms. The van der Waals surface area contributed by atoms with Crippen LogP contribution in [0.25, 0.3) is 0 Å². The van der Waals surface area contributed by atoms with Crippen molar-refractivity contribution in [3.8, 4) is 0 Å². The third-order valence-corrected chi connectivity index (χ3v) is 11.3. The maximum Gasteiger partial charge on any atom is 0.416 e. The summed E-state index contributed by atoms with van der Waals surface area (Å²) in [5, 5.41) is 3.32. The van der Waals surface area contributed by atoms with Gasteiger partial charge in [0.15, 0.2) is 5.78 Å². The van der Waals surface area contributed by atoms with Gasteiger partial charge in [-0.05, 0) is 85.8 Å². The Kier molecular flexibility index (Phi) is 6.04. The molecule has 4 nitrogen and oxygen atoms in total. The minimum atomic E-state index is -4.39. The highest BCUT2D eigenvalue weighted by Crippen LogP contribution is 2.64. The first-order chi connectivity index (χ1) is 18.0. The van der Waals surface area contributed by atoms with E-state index in [0.29, 0.717) is 49.0 Å². The fourth-order valence-electron chi connectivity index (χ4n) is 9.20. The Balaban J connectivity index is 1.33. The molecular formula is C31H39F3N2O2. The predicted molar refractivity (Wildman–Crippen MR) is 139 cm³/mol. The van der Waals surface area contributed by atoms with Crippen LogP contribution in [-0.4, -0.2) is 23.3 Å². The number of carbonyl (C=O) groups is 2. The lowest BCUT2D eigenvalue weighted by atomic mass is 9.50.